The minimum absolute atomic E-state index is 0.243. The van der Waals surface area contributed by atoms with Crippen molar-refractivity contribution in [1.82, 2.24) is 4.90 Å². The van der Waals surface area contributed by atoms with Crippen molar-refractivity contribution in [3.63, 3.8) is 0 Å². The summed E-state index contributed by atoms with van der Waals surface area (Å²) in [5, 5.41) is 0. The summed E-state index contributed by atoms with van der Waals surface area (Å²) < 4.78 is 4.67. The number of amides is 2. The Labute approximate surface area is 58.8 Å². The molecular weight excluding hydrogens is 134 g/mol. The van der Waals surface area contributed by atoms with E-state index < -0.39 is 12.2 Å². The predicted molar refractivity (Wildman–Crippen MR) is 33.3 cm³/mol. The largest absolute Gasteiger partial charge is 0.436 e. The first-order chi connectivity index (χ1) is 4.66. The van der Waals surface area contributed by atoms with Crippen LogP contribution in [0.25, 0.3) is 0 Å². The van der Waals surface area contributed by atoms with Crippen molar-refractivity contribution in [3.05, 3.63) is 0 Å². The van der Waals surface area contributed by atoms with E-state index in [0.717, 1.165) is 4.90 Å². The third-order valence-corrected chi connectivity index (χ3v) is 1.49. The van der Waals surface area contributed by atoms with Crippen molar-refractivity contribution in [1.29, 1.82) is 0 Å². The van der Waals surface area contributed by atoms with E-state index in [1.807, 2.05) is 0 Å². The second kappa shape index (κ2) is 2.28. The number of carbonyl (C=O) groups excluding carboxylic acids is 2. The number of rotatable bonds is 1. The first-order valence-electron chi connectivity index (χ1n) is 3.15. The zero-order valence-electron chi connectivity index (χ0n) is 5.96. The summed E-state index contributed by atoms with van der Waals surface area (Å²) in [7, 11) is 1.42. The highest BCUT2D eigenvalue weighted by molar-refractivity contribution is 5.99. The fourth-order valence-corrected chi connectivity index (χ4v) is 0.815. The molecular formula is C6H9NO3. The van der Waals surface area contributed by atoms with Crippen LogP contribution in [0.2, 0.25) is 0 Å². The fourth-order valence-electron chi connectivity index (χ4n) is 0.815. The smallest absolute Gasteiger partial charge is 0.417 e. The van der Waals surface area contributed by atoms with E-state index in [1.165, 1.54) is 7.05 Å². The summed E-state index contributed by atoms with van der Waals surface area (Å²) in [5.41, 5.74) is 0. The van der Waals surface area contributed by atoms with Crippen molar-refractivity contribution in [2.24, 2.45) is 0 Å². The van der Waals surface area contributed by atoms with Gasteiger partial charge in [0.2, 0.25) is 0 Å². The Kier molecular flexibility index (Phi) is 1.61. The predicted octanol–water partition coefficient (Wildman–Crippen LogP) is 0.374. The normalized spacial score (nSPS) is 25.4. The van der Waals surface area contributed by atoms with Crippen LogP contribution in [0.15, 0.2) is 0 Å². The first kappa shape index (κ1) is 7.05. The molecule has 10 heavy (non-hydrogen) atoms. The summed E-state index contributed by atoms with van der Waals surface area (Å²) in [5.74, 6) is -0.243. The lowest BCUT2D eigenvalue weighted by Crippen LogP contribution is -2.26. The third-order valence-electron chi connectivity index (χ3n) is 1.49. The molecule has 1 fully saturated rings. The van der Waals surface area contributed by atoms with Gasteiger partial charge in [-0.05, 0) is 6.42 Å². The van der Waals surface area contributed by atoms with Crippen molar-refractivity contribution >= 4 is 12.0 Å². The van der Waals surface area contributed by atoms with Crippen LogP contribution in [-0.2, 0) is 9.53 Å². The molecule has 0 N–H and O–H groups in total. The van der Waals surface area contributed by atoms with E-state index >= 15 is 0 Å². The van der Waals surface area contributed by atoms with Gasteiger partial charge in [-0.3, -0.25) is 4.79 Å². The molecule has 1 unspecified atom stereocenters. The zero-order valence-corrected chi connectivity index (χ0v) is 5.96. The molecule has 0 aromatic carbocycles. The lowest BCUT2D eigenvalue weighted by atomic mass is 10.3. The van der Waals surface area contributed by atoms with Gasteiger partial charge >= 0.3 is 6.09 Å². The number of likely N-dealkylation sites (N-methyl/N-ethyl adjacent to an activating group) is 1. The molecule has 4 nitrogen and oxygen atoms in total. The molecule has 0 aromatic heterocycles. The Morgan fingerprint density at radius 3 is 2.40 bits per heavy atom. The number of hydrogen-bond acceptors (Lipinski definition) is 3. The number of nitrogens with zero attached hydrogens (tertiary/aromatic N) is 1. The maximum Gasteiger partial charge on any atom is 0.417 e. The van der Waals surface area contributed by atoms with E-state index in [-0.39, 0.29) is 5.91 Å². The standard InChI is InChI=1S/C6H9NO3/c1-3-4-5(8)7(2)6(9)10-4/h4H,3H2,1-2H3. The Morgan fingerprint density at radius 2 is 2.20 bits per heavy atom. The highest BCUT2D eigenvalue weighted by atomic mass is 16.6. The molecule has 0 bridgehead atoms. The molecule has 1 rings (SSSR count). The second-order valence-electron chi connectivity index (χ2n) is 2.18. The molecule has 0 spiro atoms. The molecule has 0 saturated carbocycles. The van der Waals surface area contributed by atoms with Gasteiger partial charge < -0.3 is 4.74 Å². The Bertz CT molecular complexity index is 178. The number of carbonyl (C=O) groups is 2. The van der Waals surface area contributed by atoms with Crippen LogP contribution in [-0.4, -0.2) is 30.1 Å². The van der Waals surface area contributed by atoms with Crippen molar-refractivity contribution < 1.29 is 14.3 Å². The lowest BCUT2D eigenvalue weighted by Gasteiger charge is -1.99. The van der Waals surface area contributed by atoms with Gasteiger partial charge in [-0.2, -0.15) is 0 Å². The fraction of sp³-hybridized carbons (Fsp3) is 0.667. The van der Waals surface area contributed by atoms with E-state index in [0.29, 0.717) is 6.42 Å². The monoisotopic (exact) mass is 143 g/mol. The van der Waals surface area contributed by atoms with Gasteiger partial charge in [-0.1, -0.05) is 6.92 Å². The van der Waals surface area contributed by atoms with Crippen LogP contribution in [0.4, 0.5) is 4.79 Å². The molecule has 1 aliphatic heterocycles. The van der Waals surface area contributed by atoms with E-state index in [9.17, 15) is 9.59 Å². The quantitative estimate of drug-likeness (QED) is 0.533. The van der Waals surface area contributed by atoms with Gasteiger partial charge in [0.25, 0.3) is 5.91 Å². The molecule has 4 heteroatoms. The van der Waals surface area contributed by atoms with E-state index in [4.69, 9.17) is 0 Å². The summed E-state index contributed by atoms with van der Waals surface area (Å²) in [6, 6.07) is 0. The summed E-state index contributed by atoms with van der Waals surface area (Å²) in [4.78, 5) is 22.6. The maximum absolute atomic E-state index is 10.9. The Morgan fingerprint density at radius 1 is 1.60 bits per heavy atom. The average molecular weight is 143 g/mol. The van der Waals surface area contributed by atoms with Crippen LogP contribution in [0.1, 0.15) is 13.3 Å². The number of ether oxygens (including phenoxy) is 1. The van der Waals surface area contributed by atoms with Crippen LogP contribution >= 0.6 is 0 Å². The Balaban J connectivity index is 2.71. The molecule has 0 aliphatic carbocycles. The minimum atomic E-state index is -0.545. The maximum atomic E-state index is 10.9. The highest BCUT2D eigenvalue weighted by Crippen LogP contribution is 2.12. The summed E-state index contributed by atoms with van der Waals surface area (Å²) >= 11 is 0. The van der Waals surface area contributed by atoms with Crippen LogP contribution < -0.4 is 0 Å². The molecule has 1 heterocycles. The second-order valence-corrected chi connectivity index (χ2v) is 2.18. The topological polar surface area (TPSA) is 46.6 Å². The SMILES string of the molecule is CCC1OC(=O)N(C)C1=O. The third kappa shape index (κ3) is 0.853. The van der Waals surface area contributed by atoms with Gasteiger partial charge in [-0.15, -0.1) is 0 Å². The molecule has 1 saturated heterocycles. The zero-order chi connectivity index (χ0) is 7.72. The number of cyclic esters (lactones) is 1. The van der Waals surface area contributed by atoms with E-state index in [2.05, 4.69) is 4.74 Å². The minimum Gasteiger partial charge on any atom is -0.436 e. The number of imide groups is 1. The molecule has 56 valence electrons. The molecule has 0 radical (unpaired) electrons. The van der Waals surface area contributed by atoms with Crippen LogP contribution in [0, 0.1) is 0 Å². The average Bonchev–Trinajstić information content (AvgIpc) is 2.17. The molecule has 2 amide bonds. The first-order valence-corrected chi connectivity index (χ1v) is 3.15. The summed E-state index contributed by atoms with van der Waals surface area (Å²) in [6.07, 6.45) is -0.538. The molecule has 1 aliphatic rings. The van der Waals surface area contributed by atoms with Crippen LogP contribution in [0.3, 0.4) is 0 Å². The van der Waals surface area contributed by atoms with Crippen LogP contribution in [0.5, 0.6) is 0 Å². The van der Waals surface area contributed by atoms with Gasteiger partial charge in [0.05, 0.1) is 0 Å². The van der Waals surface area contributed by atoms with Crippen molar-refractivity contribution in [2.75, 3.05) is 7.05 Å². The highest BCUT2D eigenvalue weighted by Gasteiger charge is 2.36. The summed E-state index contributed by atoms with van der Waals surface area (Å²) in [6.45, 7) is 1.80. The van der Waals surface area contributed by atoms with E-state index in [1.54, 1.807) is 6.92 Å². The van der Waals surface area contributed by atoms with Gasteiger partial charge in [0.1, 0.15) is 0 Å². The van der Waals surface area contributed by atoms with Gasteiger partial charge in [0, 0.05) is 7.05 Å². The van der Waals surface area contributed by atoms with Gasteiger partial charge in [0.15, 0.2) is 6.10 Å². The molecule has 0 aromatic rings. The number of hydrogen-bond donors (Lipinski definition) is 0. The Hall–Kier alpha value is -1.06. The van der Waals surface area contributed by atoms with Gasteiger partial charge in [-0.25, -0.2) is 9.69 Å². The van der Waals surface area contributed by atoms with Crippen molar-refractivity contribution in [3.8, 4) is 0 Å². The lowest BCUT2D eigenvalue weighted by molar-refractivity contribution is -0.128. The van der Waals surface area contributed by atoms with Crippen molar-refractivity contribution in [2.45, 2.75) is 19.4 Å². The molecule has 1 atom stereocenters.